The van der Waals surface area contributed by atoms with Crippen LogP contribution in [0.5, 0.6) is 0 Å². The topological polar surface area (TPSA) is 58.2 Å². The molecule has 4 nitrogen and oxygen atoms in total. The summed E-state index contributed by atoms with van der Waals surface area (Å²) in [4.78, 5) is 22.7. The van der Waals surface area contributed by atoms with E-state index in [0.29, 0.717) is 12.8 Å². The fourth-order valence-corrected chi connectivity index (χ4v) is 2.91. The number of amides is 3. The van der Waals surface area contributed by atoms with Crippen LogP contribution in [0.4, 0.5) is 4.79 Å². The minimum atomic E-state index is -0.694. The van der Waals surface area contributed by atoms with Crippen LogP contribution < -0.4 is 10.6 Å². The van der Waals surface area contributed by atoms with Crippen molar-refractivity contribution >= 4 is 23.5 Å². The maximum Gasteiger partial charge on any atom is 0.322 e. The molecular formula is C12H11ClN2O2. The van der Waals surface area contributed by atoms with E-state index in [2.05, 4.69) is 10.6 Å². The van der Waals surface area contributed by atoms with Gasteiger partial charge in [-0.1, -0.05) is 29.8 Å². The highest BCUT2D eigenvalue weighted by molar-refractivity contribution is 6.31. The Hall–Kier alpha value is -1.55. The van der Waals surface area contributed by atoms with Crippen LogP contribution in [0.1, 0.15) is 24.3 Å². The van der Waals surface area contributed by atoms with Gasteiger partial charge in [-0.15, -0.1) is 0 Å². The van der Waals surface area contributed by atoms with Crippen LogP contribution in [-0.4, -0.2) is 17.5 Å². The number of carbonyl (C=O) groups excluding carboxylic acids is 2. The van der Waals surface area contributed by atoms with Crippen molar-refractivity contribution in [3.05, 3.63) is 34.9 Å². The smallest absolute Gasteiger partial charge is 0.322 e. The molecule has 3 rings (SSSR count). The molecule has 0 radical (unpaired) electrons. The standard InChI is InChI=1S/C12H11ClN2O2/c13-9-4-2-1-3-8(9)7-5-12(6-7)10(16)14-11(17)15-12/h1-4,7H,5-6H2,(H2,14,15,16,17). The van der Waals surface area contributed by atoms with Gasteiger partial charge in [0.05, 0.1) is 0 Å². The van der Waals surface area contributed by atoms with Gasteiger partial charge in [0.25, 0.3) is 5.91 Å². The largest absolute Gasteiger partial charge is 0.323 e. The molecule has 3 amide bonds. The van der Waals surface area contributed by atoms with Gasteiger partial charge in [-0.2, -0.15) is 0 Å². The summed E-state index contributed by atoms with van der Waals surface area (Å²) in [7, 11) is 0. The predicted octanol–water partition coefficient (Wildman–Crippen LogP) is 1.80. The van der Waals surface area contributed by atoms with E-state index in [1.807, 2.05) is 24.3 Å². The monoisotopic (exact) mass is 250 g/mol. The van der Waals surface area contributed by atoms with Crippen molar-refractivity contribution < 1.29 is 9.59 Å². The normalized spacial score (nSPS) is 31.0. The van der Waals surface area contributed by atoms with Gasteiger partial charge in [0.1, 0.15) is 5.54 Å². The maximum atomic E-state index is 11.6. The Bertz CT molecular complexity index is 509. The van der Waals surface area contributed by atoms with Gasteiger partial charge in [-0.25, -0.2) is 4.79 Å². The average molecular weight is 251 g/mol. The lowest BCUT2D eigenvalue weighted by Crippen LogP contribution is -2.56. The van der Waals surface area contributed by atoms with Gasteiger partial charge in [0.2, 0.25) is 0 Å². The van der Waals surface area contributed by atoms with E-state index in [9.17, 15) is 9.59 Å². The molecule has 1 aliphatic heterocycles. The molecule has 0 aromatic heterocycles. The molecule has 1 saturated heterocycles. The summed E-state index contributed by atoms with van der Waals surface area (Å²) in [6, 6.07) is 7.22. The van der Waals surface area contributed by atoms with Gasteiger partial charge in [-0.3, -0.25) is 10.1 Å². The van der Waals surface area contributed by atoms with Gasteiger partial charge < -0.3 is 5.32 Å². The molecule has 5 heteroatoms. The van der Waals surface area contributed by atoms with Crippen LogP contribution >= 0.6 is 11.6 Å². The van der Waals surface area contributed by atoms with Crippen LogP contribution in [0.3, 0.4) is 0 Å². The van der Waals surface area contributed by atoms with Crippen LogP contribution in [0.15, 0.2) is 24.3 Å². The number of hydrogen-bond acceptors (Lipinski definition) is 2. The zero-order valence-corrected chi connectivity index (χ0v) is 9.75. The Morgan fingerprint density at radius 2 is 1.94 bits per heavy atom. The molecule has 1 aliphatic carbocycles. The fourth-order valence-electron chi connectivity index (χ4n) is 2.62. The number of rotatable bonds is 1. The van der Waals surface area contributed by atoms with Crippen molar-refractivity contribution in [1.29, 1.82) is 0 Å². The van der Waals surface area contributed by atoms with E-state index >= 15 is 0 Å². The molecular weight excluding hydrogens is 240 g/mol. The lowest BCUT2D eigenvalue weighted by atomic mass is 9.65. The van der Waals surface area contributed by atoms with E-state index in [0.717, 1.165) is 10.6 Å². The van der Waals surface area contributed by atoms with Crippen molar-refractivity contribution in [3.63, 3.8) is 0 Å². The predicted molar refractivity (Wildman–Crippen MR) is 62.8 cm³/mol. The highest BCUT2D eigenvalue weighted by Gasteiger charge is 2.55. The highest BCUT2D eigenvalue weighted by Crippen LogP contribution is 2.47. The quantitative estimate of drug-likeness (QED) is 0.747. The third kappa shape index (κ3) is 1.52. The average Bonchev–Trinajstić information content (AvgIpc) is 2.52. The van der Waals surface area contributed by atoms with E-state index in [4.69, 9.17) is 11.6 Å². The molecule has 88 valence electrons. The third-order valence-electron chi connectivity index (χ3n) is 3.55. The second-order valence-electron chi connectivity index (χ2n) is 4.62. The first-order valence-corrected chi connectivity index (χ1v) is 5.86. The molecule has 1 aromatic rings. The number of benzene rings is 1. The first-order chi connectivity index (χ1) is 8.11. The second kappa shape index (κ2) is 3.47. The second-order valence-corrected chi connectivity index (χ2v) is 5.02. The third-order valence-corrected chi connectivity index (χ3v) is 3.89. The Labute approximate surface area is 103 Å². The summed E-state index contributed by atoms with van der Waals surface area (Å²) in [6.07, 6.45) is 1.24. The maximum absolute atomic E-state index is 11.6. The van der Waals surface area contributed by atoms with E-state index in [1.165, 1.54) is 0 Å². The van der Waals surface area contributed by atoms with Crippen LogP contribution in [0, 0.1) is 0 Å². The molecule has 1 saturated carbocycles. The minimum absolute atomic E-state index is 0.217. The Morgan fingerprint density at radius 3 is 2.53 bits per heavy atom. The van der Waals surface area contributed by atoms with Gasteiger partial charge in [0.15, 0.2) is 0 Å². The van der Waals surface area contributed by atoms with Gasteiger partial charge >= 0.3 is 6.03 Å². The van der Waals surface area contributed by atoms with Gasteiger partial charge in [0, 0.05) is 5.02 Å². The Balaban J connectivity index is 1.79. The summed E-state index contributed by atoms with van der Waals surface area (Å²) < 4.78 is 0. The number of halogens is 1. The molecule has 17 heavy (non-hydrogen) atoms. The van der Waals surface area contributed by atoms with E-state index < -0.39 is 11.6 Å². The molecule has 2 aliphatic rings. The van der Waals surface area contributed by atoms with E-state index in [-0.39, 0.29) is 11.8 Å². The molecule has 0 atom stereocenters. The van der Waals surface area contributed by atoms with Crippen LogP contribution in [-0.2, 0) is 4.79 Å². The van der Waals surface area contributed by atoms with Crippen molar-refractivity contribution in [2.45, 2.75) is 24.3 Å². The number of imide groups is 1. The summed E-state index contributed by atoms with van der Waals surface area (Å²) in [6.45, 7) is 0. The first-order valence-electron chi connectivity index (χ1n) is 5.49. The van der Waals surface area contributed by atoms with Crippen molar-refractivity contribution in [1.82, 2.24) is 10.6 Å². The number of carbonyl (C=O) groups is 2. The number of nitrogens with one attached hydrogen (secondary N) is 2. The highest BCUT2D eigenvalue weighted by atomic mass is 35.5. The number of hydrogen-bond donors (Lipinski definition) is 2. The van der Waals surface area contributed by atoms with Crippen molar-refractivity contribution in [2.24, 2.45) is 0 Å². The van der Waals surface area contributed by atoms with E-state index in [1.54, 1.807) is 0 Å². The molecule has 0 bridgehead atoms. The number of urea groups is 1. The van der Waals surface area contributed by atoms with Crippen LogP contribution in [0.2, 0.25) is 5.02 Å². The summed E-state index contributed by atoms with van der Waals surface area (Å²) in [5.41, 5.74) is 0.356. The van der Waals surface area contributed by atoms with Crippen LogP contribution in [0.25, 0.3) is 0 Å². The Morgan fingerprint density at radius 1 is 1.24 bits per heavy atom. The molecule has 1 spiro atoms. The summed E-state index contributed by atoms with van der Waals surface area (Å²) >= 11 is 6.10. The Kier molecular flexibility index (Phi) is 2.16. The molecule has 1 heterocycles. The van der Waals surface area contributed by atoms with Crippen molar-refractivity contribution in [2.75, 3.05) is 0 Å². The lowest BCUT2D eigenvalue weighted by molar-refractivity contribution is -0.127. The summed E-state index contributed by atoms with van der Waals surface area (Å²) in [5, 5.41) is 5.69. The minimum Gasteiger partial charge on any atom is -0.323 e. The molecule has 2 fully saturated rings. The summed E-state index contributed by atoms with van der Waals surface area (Å²) in [5.74, 6) is 0.0265. The zero-order valence-electron chi connectivity index (χ0n) is 9.00. The first kappa shape index (κ1) is 10.6. The van der Waals surface area contributed by atoms with Crippen molar-refractivity contribution in [3.8, 4) is 0 Å². The molecule has 2 N–H and O–H groups in total. The SMILES string of the molecule is O=C1NC(=O)C2(CC(c3ccccc3Cl)C2)N1. The fraction of sp³-hybridized carbons (Fsp3) is 0.333. The molecule has 1 aromatic carbocycles. The van der Waals surface area contributed by atoms with Gasteiger partial charge in [-0.05, 0) is 30.4 Å². The zero-order chi connectivity index (χ0) is 12.0. The molecule has 0 unspecified atom stereocenters. The lowest BCUT2D eigenvalue weighted by Gasteiger charge is -2.42.